The number of allylic oxidation sites excluding steroid dienone is 2. The van der Waals surface area contributed by atoms with Gasteiger partial charge in [-0.05, 0) is 49.3 Å². The maximum absolute atomic E-state index is 13.4. The van der Waals surface area contributed by atoms with Crippen LogP contribution >= 0.6 is 0 Å². The second kappa shape index (κ2) is 9.84. The Kier molecular flexibility index (Phi) is 6.92. The zero-order chi connectivity index (χ0) is 22.7. The summed E-state index contributed by atoms with van der Waals surface area (Å²) in [5.74, 6) is -1.12. The predicted octanol–water partition coefficient (Wildman–Crippen LogP) is 4.79. The second-order valence-electron chi connectivity index (χ2n) is 8.71. The first kappa shape index (κ1) is 22.5. The Balaban J connectivity index is 1.44. The number of ether oxygens (including phenoxy) is 1. The number of nitrogens with zero attached hydrogens (tertiary/aromatic N) is 3. The van der Waals surface area contributed by atoms with Gasteiger partial charge in [0.25, 0.3) is 5.91 Å². The van der Waals surface area contributed by atoms with Crippen LogP contribution in [0.25, 0.3) is 0 Å². The first-order chi connectivity index (χ1) is 15.5. The molecule has 1 aromatic carbocycles. The standard InChI is InChI=1S/C25H31F2N3O2/c1-3-5-23(18-7-8-18)29-10-11-30(19(4-2)15-29)20-13-24(31)28-25(14-20)32-16-17-6-9-21(26)22(27)12-17/h5-6,9,12,14,18-19H,3-4,7-8,10-11,13,15-16H2,1-2H3/b23-5+. The predicted molar refractivity (Wildman–Crippen MR) is 120 cm³/mol. The van der Waals surface area contributed by atoms with Crippen LogP contribution in [0.4, 0.5) is 8.78 Å². The Hall–Kier alpha value is -2.70. The molecule has 0 aromatic heterocycles. The number of piperazine rings is 1. The quantitative estimate of drug-likeness (QED) is 0.608. The van der Waals surface area contributed by atoms with E-state index in [9.17, 15) is 13.6 Å². The van der Waals surface area contributed by atoms with Crippen LogP contribution in [-0.4, -0.2) is 47.3 Å². The van der Waals surface area contributed by atoms with E-state index in [4.69, 9.17) is 4.74 Å². The van der Waals surface area contributed by atoms with Crippen LogP contribution in [0.1, 0.15) is 51.5 Å². The van der Waals surface area contributed by atoms with Gasteiger partial charge < -0.3 is 14.5 Å². The van der Waals surface area contributed by atoms with Crippen molar-refractivity contribution in [2.45, 2.75) is 58.6 Å². The number of amides is 1. The molecule has 172 valence electrons. The average molecular weight is 444 g/mol. The molecule has 1 saturated carbocycles. The monoisotopic (exact) mass is 443 g/mol. The molecule has 2 fully saturated rings. The van der Waals surface area contributed by atoms with Crippen LogP contribution in [0, 0.1) is 17.6 Å². The van der Waals surface area contributed by atoms with Crippen LogP contribution < -0.4 is 0 Å². The fourth-order valence-corrected chi connectivity index (χ4v) is 4.55. The lowest BCUT2D eigenvalue weighted by atomic mass is 10.0. The average Bonchev–Trinajstić information content (AvgIpc) is 3.62. The van der Waals surface area contributed by atoms with E-state index in [1.165, 1.54) is 24.6 Å². The molecule has 0 spiro atoms. The normalized spacial score (nSPS) is 22.1. The zero-order valence-corrected chi connectivity index (χ0v) is 18.8. The van der Waals surface area contributed by atoms with E-state index < -0.39 is 11.6 Å². The Bertz CT molecular complexity index is 953. The Morgan fingerprint density at radius 1 is 1.22 bits per heavy atom. The maximum Gasteiger partial charge on any atom is 0.254 e. The summed E-state index contributed by atoms with van der Waals surface area (Å²) in [7, 11) is 0. The van der Waals surface area contributed by atoms with E-state index in [1.807, 2.05) is 6.08 Å². The Labute approximate surface area is 188 Å². The third kappa shape index (κ3) is 5.19. The largest absolute Gasteiger partial charge is 0.473 e. The SMILES string of the molecule is CC/C=C(\C1CC1)N1CCN(C2=CC(OCc3ccc(F)c(F)c3)=NC(=O)C2)C(CC)C1. The highest BCUT2D eigenvalue weighted by atomic mass is 19.2. The summed E-state index contributed by atoms with van der Waals surface area (Å²) >= 11 is 0. The molecule has 1 atom stereocenters. The summed E-state index contributed by atoms with van der Waals surface area (Å²) in [6.07, 6.45) is 9.07. The zero-order valence-electron chi connectivity index (χ0n) is 18.8. The minimum Gasteiger partial charge on any atom is -0.473 e. The molecular formula is C25H31F2N3O2. The number of dihydropyridines is 1. The van der Waals surface area contributed by atoms with Crippen LogP contribution in [0.2, 0.25) is 0 Å². The second-order valence-corrected chi connectivity index (χ2v) is 8.71. The van der Waals surface area contributed by atoms with Gasteiger partial charge in [0.15, 0.2) is 11.6 Å². The fraction of sp³-hybridized carbons (Fsp3) is 0.520. The highest BCUT2D eigenvalue weighted by Gasteiger charge is 2.35. The molecule has 3 aliphatic rings. The third-order valence-electron chi connectivity index (χ3n) is 6.32. The fourth-order valence-electron chi connectivity index (χ4n) is 4.55. The van der Waals surface area contributed by atoms with Crippen LogP contribution in [0.3, 0.4) is 0 Å². The summed E-state index contributed by atoms with van der Waals surface area (Å²) in [5.41, 5.74) is 2.90. The molecule has 5 nitrogen and oxygen atoms in total. The van der Waals surface area contributed by atoms with E-state index in [2.05, 4.69) is 34.7 Å². The van der Waals surface area contributed by atoms with Crippen molar-refractivity contribution < 1.29 is 18.3 Å². The lowest BCUT2D eigenvalue weighted by molar-refractivity contribution is -0.117. The van der Waals surface area contributed by atoms with Crippen molar-refractivity contribution in [2.75, 3.05) is 19.6 Å². The molecule has 1 aromatic rings. The molecule has 0 bridgehead atoms. The number of halogens is 2. The van der Waals surface area contributed by atoms with Crippen molar-refractivity contribution in [3.05, 3.63) is 58.9 Å². The molecule has 0 N–H and O–H groups in total. The van der Waals surface area contributed by atoms with Crippen molar-refractivity contribution >= 4 is 11.8 Å². The van der Waals surface area contributed by atoms with Gasteiger partial charge in [-0.1, -0.05) is 26.0 Å². The van der Waals surface area contributed by atoms with E-state index in [-0.39, 0.29) is 24.8 Å². The summed E-state index contributed by atoms with van der Waals surface area (Å²) in [4.78, 5) is 21.2. The number of benzene rings is 1. The van der Waals surface area contributed by atoms with Crippen LogP contribution in [0.15, 0.2) is 46.7 Å². The van der Waals surface area contributed by atoms with Gasteiger partial charge in [-0.25, -0.2) is 8.78 Å². The number of aliphatic imine (C=N–C) groups is 1. The smallest absolute Gasteiger partial charge is 0.254 e. The van der Waals surface area contributed by atoms with Gasteiger partial charge in [-0.15, -0.1) is 0 Å². The van der Waals surface area contributed by atoms with E-state index in [1.54, 1.807) is 0 Å². The van der Waals surface area contributed by atoms with Crippen molar-refractivity contribution in [1.29, 1.82) is 0 Å². The van der Waals surface area contributed by atoms with Crippen molar-refractivity contribution in [2.24, 2.45) is 10.9 Å². The number of rotatable bonds is 7. The van der Waals surface area contributed by atoms with E-state index in [0.717, 1.165) is 56.2 Å². The molecule has 32 heavy (non-hydrogen) atoms. The van der Waals surface area contributed by atoms with Crippen molar-refractivity contribution in [3.63, 3.8) is 0 Å². The number of hydrogen-bond donors (Lipinski definition) is 0. The highest BCUT2D eigenvalue weighted by molar-refractivity contribution is 6.01. The molecule has 1 saturated heterocycles. The highest BCUT2D eigenvalue weighted by Crippen LogP contribution is 2.39. The first-order valence-corrected chi connectivity index (χ1v) is 11.6. The maximum atomic E-state index is 13.4. The van der Waals surface area contributed by atoms with Gasteiger partial charge in [0.05, 0.1) is 6.42 Å². The molecular weight excluding hydrogens is 412 g/mol. The van der Waals surface area contributed by atoms with Crippen molar-refractivity contribution in [3.8, 4) is 0 Å². The molecule has 1 aliphatic carbocycles. The van der Waals surface area contributed by atoms with Crippen LogP contribution in [-0.2, 0) is 16.1 Å². The van der Waals surface area contributed by atoms with Gasteiger partial charge >= 0.3 is 0 Å². The summed E-state index contributed by atoms with van der Waals surface area (Å²) in [6, 6.07) is 3.94. The minimum atomic E-state index is -0.921. The summed E-state index contributed by atoms with van der Waals surface area (Å²) < 4.78 is 32.2. The lowest BCUT2D eigenvalue weighted by Gasteiger charge is -2.45. The van der Waals surface area contributed by atoms with Gasteiger partial charge in [0.1, 0.15) is 6.61 Å². The first-order valence-electron chi connectivity index (χ1n) is 11.6. The molecule has 2 heterocycles. The van der Waals surface area contributed by atoms with Gasteiger partial charge in [-0.3, -0.25) is 4.79 Å². The number of hydrogen-bond acceptors (Lipinski definition) is 4. The summed E-state index contributed by atoms with van der Waals surface area (Å²) in [6.45, 7) is 7.13. The van der Waals surface area contributed by atoms with E-state index >= 15 is 0 Å². The molecule has 4 rings (SSSR count). The van der Waals surface area contributed by atoms with Gasteiger partial charge in [-0.2, -0.15) is 4.99 Å². The minimum absolute atomic E-state index is 0.0185. The van der Waals surface area contributed by atoms with Gasteiger partial charge in [0, 0.05) is 43.1 Å². The van der Waals surface area contributed by atoms with Gasteiger partial charge in [0.2, 0.25) is 5.90 Å². The molecule has 2 aliphatic heterocycles. The molecule has 7 heteroatoms. The number of carbonyl (C=O) groups is 1. The molecule has 1 amide bonds. The van der Waals surface area contributed by atoms with Crippen LogP contribution in [0.5, 0.6) is 0 Å². The Morgan fingerprint density at radius 2 is 2.03 bits per heavy atom. The van der Waals surface area contributed by atoms with E-state index in [0.29, 0.717) is 11.6 Å². The summed E-state index contributed by atoms with van der Waals surface area (Å²) in [5, 5.41) is 0. The lowest BCUT2D eigenvalue weighted by Crippen LogP contribution is -2.52. The third-order valence-corrected chi connectivity index (χ3v) is 6.32. The molecule has 0 radical (unpaired) electrons. The number of carbonyl (C=O) groups excluding carboxylic acids is 1. The topological polar surface area (TPSA) is 45.1 Å². The molecule has 1 unspecified atom stereocenters. The van der Waals surface area contributed by atoms with Crippen molar-refractivity contribution in [1.82, 2.24) is 9.80 Å². The Morgan fingerprint density at radius 3 is 2.72 bits per heavy atom.